The summed E-state index contributed by atoms with van der Waals surface area (Å²) < 4.78 is 0. The Morgan fingerprint density at radius 2 is 1.79 bits per heavy atom. The van der Waals surface area contributed by atoms with Crippen molar-refractivity contribution in [2.24, 2.45) is 0 Å². The molecule has 0 amide bonds. The number of hydrogen-bond acceptors (Lipinski definition) is 4. The Labute approximate surface area is 200 Å². The lowest BCUT2D eigenvalue weighted by Gasteiger charge is -2.45. The first-order chi connectivity index (χ1) is 16.8. The number of nitrogens with zero attached hydrogens (tertiary/aromatic N) is 4. The molecule has 0 fully saturated rings. The average molecular weight is 441 g/mol. The van der Waals surface area contributed by atoms with Crippen LogP contribution in [0.15, 0.2) is 115 Å². The molecule has 0 spiro atoms. The second kappa shape index (κ2) is 8.53. The summed E-state index contributed by atoms with van der Waals surface area (Å²) in [5, 5.41) is 9.29. The molecule has 3 aliphatic rings. The molecule has 1 unspecified atom stereocenters. The number of fused-ring (bicyclic) bond motifs is 1. The Kier molecular flexibility index (Phi) is 5.08. The number of nitriles is 1. The SMILES string of the molecule is N#Cc1cccc(-c2cccc(N3C4=C(C=CCC4)N(C4C=CC=CC4)c4ccccc43)c2)n1. The van der Waals surface area contributed by atoms with Crippen molar-refractivity contribution in [3.8, 4) is 17.3 Å². The van der Waals surface area contributed by atoms with Gasteiger partial charge in [-0.15, -0.1) is 0 Å². The van der Waals surface area contributed by atoms with Crippen LogP contribution in [-0.4, -0.2) is 11.0 Å². The van der Waals surface area contributed by atoms with Gasteiger partial charge in [0, 0.05) is 16.9 Å². The zero-order chi connectivity index (χ0) is 22.9. The second-order valence-electron chi connectivity index (χ2n) is 8.65. The molecule has 4 nitrogen and oxygen atoms in total. The van der Waals surface area contributed by atoms with Gasteiger partial charge in [-0.05, 0) is 61.7 Å². The molecule has 0 saturated heterocycles. The number of aromatic nitrogens is 1. The van der Waals surface area contributed by atoms with Crippen LogP contribution >= 0.6 is 0 Å². The van der Waals surface area contributed by atoms with E-state index in [1.807, 2.05) is 12.1 Å². The van der Waals surface area contributed by atoms with E-state index < -0.39 is 0 Å². The summed E-state index contributed by atoms with van der Waals surface area (Å²) in [5.74, 6) is 0. The third-order valence-corrected chi connectivity index (χ3v) is 6.58. The highest BCUT2D eigenvalue weighted by Crippen LogP contribution is 2.48. The van der Waals surface area contributed by atoms with E-state index >= 15 is 0 Å². The fourth-order valence-electron chi connectivity index (χ4n) is 5.09. The molecule has 2 aromatic carbocycles. The van der Waals surface area contributed by atoms with Crippen LogP contribution in [0.1, 0.15) is 25.0 Å². The summed E-state index contributed by atoms with van der Waals surface area (Å²) in [4.78, 5) is 9.43. The molecular weight excluding hydrogens is 416 g/mol. The molecule has 1 aliphatic heterocycles. The minimum absolute atomic E-state index is 0.297. The van der Waals surface area contributed by atoms with Gasteiger partial charge in [0.05, 0.1) is 28.8 Å². The zero-order valence-electron chi connectivity index (χ0n) is 18.8. The summed E-state index contributed by atoms with van der Waals surface area (Å²) in [6, 6.07) is 25.2. The Morgan fingerprint density at radius 3 is 2.65 bits per heavy atom. The van der Waals surface area contributed by atoms with E-state index in [1.54, 1.807) is 6.07 Å². The smallest absolute Gasteiger partial charge is 0.141 e. The first-order valence-electron chi connectivity index (χ1n) is 11.7. The van der Waals surface area contributed by atoms with Crippen molar-refractivity contribution < 1.29 is 0 Å². The molecule has 2 heterocycles. The minimum atomic E-state index is 0.297. The average Bonchev–Trinajstić information content (AvgIpc) is 2.92. The van der Waals surface area contributed by atoms with Gasteiger partial charge in [0.25, 0.3) is 0 Å². The molecule has 1 aromatic heterocycles. The van der Waals surface area contributed by atoms with Crippen LogP contribution in [0.4, 0.5) is 17.1 Å². The topological polar surface area (TPSA) is 43.2 Å². The number of hydrogen-bond donors (Lipinski definition) is 0. The van der Waals surface area contributed by atoms with Crippen molar-refractivity contribution in [1.82, 2.24) is 4.98 Å². The Hall–Kier alpha value is -4.36. The molecule has 3 aromatic rings. The van der Waals surface area contributed by atoms with E-state index in [-0.39, 0.29) is 0 Å². The van der Waals surface area contributed by atoms with E-state index in [2.05, 4.69) is 106 Å². The molecule has 1 atom stereocenters. The number of rotatable bonds is 3. The quantitative estimate of drug-likeness (QED) is 0.439. The van der Waals surface area contributed by atoms with Gasteiger partial charge in [-0.3, -0.25) is 0 Å². The van der Waals surface area contributed by atoms with Crippen molar-refractivity contribution in [2.75, 3.05) is 9.80 Å². The van der Waals surface area contributed by atoms with Crippen molar-refractivity contribution >= 4 is 17.1 Å². The summed E-state index contributed by atoms with van der Waals surface area (Å²) in [6.07, 6.45) is 16.4. The van der Waals surface area contributed by atoms with Gasteiger partial charge in [-0.25, -0.2) is 4.98 Å². The summed E-state index contributed by atoms with van der Waals surface area (Å²) >= 11 is 0. The van der Waals surface area contributed by atoms with E-state index in [9.17, 15) is 5.26 Å². The predicted octanol–water partition coefficient (Wildman–Crippen LogP) is 7.02. The van der Waals surface area contributed by atoms with Crippen LogP contribution in [0.5, 0.6) is 0 Å². The minimum Gasteiger partial charge on any atom is -0.331 e. The lowest BCUT2D eigenvalue weighted by atomic mass is 9.95. The Morgan fingerprint density at radius 1 is 0.912 bits per heavy atom. The first-order valence-corrected chi connectivity index (χ1v) is 11.7. The molecule has 34 heavy (non-hydrogen) atoms. The zero-order valence-corrected chi connectivity index (χ0v) is 18.8. The molecular formula is C30H24N4. The fraction of sp³-hybridized carbons (Fsp3) is 0.133. The van der Waals surface area contributed by atoms with Crippen molar-refractivity contribution in [2.45, 2.75) is 25.3 Å². The van der Waals surface area contributed by atoms with Crippen LogP contribution in [0.25, 0.3) is 11.3 Å². The van der Waals surface area contributed by atoms with E-state index in [0.717, 1.165) is 36.2 Å². The standard InChI is InChI=1S/C30H24N4/c31-21-23-11-9-15-26(32-23)22-10-8-14-25(20-22)34-29-18-6-4-16-27(29)33(24-12-2-1-3-13-24)28-17-5-7-19-30(28)34/h1-6,8-12,14-18,20,24H,7,13,19H2. The van der Waals surface area contributed by atoms with Gasteiger partial charge in [0.1, 0.15) is 11.8 Å². The van der Waals surface area contributed by atoms with E-state index in [4.69, 9.17) is 0 Å². The van der Waals surface area contributed by atoms with Gasteiger partial charge >= 0.3 is 0 Å². The molecule has 0 bridgehead atoms. The first kappa shape index (κ1) is 20.3. The molecule has 6 rings (SSSR count). The molecule has 0 saturated carbocycles. The van der Waals surface area contributed by atoms with Crippen LogP contribution in [-0.2, 0) is 0 Å². The maximum atomic E-state index is 9.29. The molecule has 4 heteroatoms. The number of para-hydroxylation sites is 2. The van der Waals surface area contributed by atoms with Crippen LogP contribution < -0.4 is 9.80 Å². The van der Waals surface area contributed by atoms with Crippen LogP contribution in [0.2, 0.25) is 0 Å². The maximum Gasteiger partial charge on any atom is 0.141 e. The van der Waals surface area contributed by atoms with Crippen molar-refractivity contribution in [1.29, 1.82) is 5.26 Å². The van der Waals surface area contributed by atoms with Crippen LogP contribution in [0, 0.1) is 11.3 Å². The van der Waals surface area contributed by atoms with Gasteiger partial charge in [0.15, 0.2) is 0 Å². The van der Waals surface area contributed by atoms with Gasteiger partial charge < -0.3 is 9.80 Å². The highest BCUT2D eigenvalue weighted by molar-refractivity contribution is 5.87. The third-order valence-electron chi connectivity index (χ3n) is 6.58. The Balaban J connectivity index is 1.51. The second-order valence-corrected chi connectivity index (χ2v) is 8.65. The highest BCUT2D eigenvalue weighted by Gasteiger charge is 2.34. The summed E-state index contributed by atoms with van der Waals surface area (Å²) in [6.45, 7) is 0. The maximum absolute atomic E-state index is 9.29. The third kappa shape index (κ3) is 3.43. The van der Waals surface area contributed by atoms with Gasteiger partial charge in [-0.1, -0.05) is 60.7 Å². The lowest BCUT2D eigenvalue weighted by Crippen LogP contribution is -2.40. The highest BCUT2D eigenvalue weighted by atomic mass is 15.3. The summed E-state index contributed by atoms with van der Waals surface area (Å²) in [7, 11) is 0. The Bertz CT molecular complexity index is 1420. The summed E-state index contributed by atoms with van der Waals surface area (Å²) in [5.41, 5.74) is 8.34. The number of pyridine rings is 1. The normalized spacial score (nSPS) is 18.5. The van der Waals surface area contributed by atoms with Gasteiger partial charge in [-0.2, -0.15) is 5.26 Å². The van der Waals surface area contributed by atoms with Gasteiger partial charge in [0.2, 0.25) is 0 Å². The molecule has 0 radical (unpaired) electrons. The largest absolute Gasteiger partial charge is 0.331 e. The molecule has 2 aliphatic carbocycles. The lowest BCUT2D eigenvalue weighted by molar-refractivity contribution is 0.728. The molecule has 0 N–H and O–H groups in total. The number of benzene rings is 2. The van der Waals surface area contributed by atoms with E-state index in [1.165, 1.54) is 22.8 Å². The van der Waals surface area contributed by atoms with Crippen LogP contribution in [0.3, 0.4) is 0 Å². The van der Waals surface area contributed by atoms with E-state index in [0.29, 0.717) is 11.7 Å². The molecule has 164 valence electrons. The van der Waals surface area contributed by atoms with Crippen molar-refractivity contribution in [3.05, 3.63) is 120 Å². The fourth-order valence-corrected chi connectivity index (χ4v) is 5.09. The number of allylic oxidation sites excluding steroid dienone is 5. The number of anilines is 3. The van der Waals surface area contributed by atoms with Crippen molar-refractivity contribution in [3.63, 3.8) is 0 Å². The monoisotopic (exact) mass is 440 g/mol. The predicted molar refractivity (Wildman–Crippen MR) is 138 cm³/mol.